The number of rotatable bonds is 7. The van der Waals surface area contributed by atoms with Crippen molar-refractivity contribution in [2.24, 2.45) is 0 Å². The van der Waals surface area contributed by atoms with E-state index >= 15 is 0 Å². The van der Waals surface area contributed by atoms with Gasteiger partial charge in [0.05, 0.1) is 6.61 Å². The monoisotopic (exact) mass is 310 g/mol. The van der Waals surface area contributed by atoms with E-state index in [2.05, 4.69) is 17.1 Å². The van der Waals surface area contributed by atoms with Gasteiger partial charge in [-0.15, -0.1) is 10.2 Å². The Kier molecular flexibility index (Phi) is 4.76. The molecule has 5 nitrogen and oxygen atoms in total. The van der Waals surface area contributed by atoms with Crippen LogP contribution in [0.5, 0.6) is 5.75 Å². The lowest BCUT2D eigenvalue weighted by molar-refractivity contribution is 0.307. The van der Waals surface area contributed by atoms with Gasteiger partial charge in [-0.25, -0.2) is 0 Å². The Hall–Kier alpha value is -2.56. The molecule has 0 saturated heterocycles. The maximum atomic E-state index is 5.89. The molecule has 0 bridgehead atoms. The van der Waals surface area contributed by atoms with Gasteiger partial charge in [0.1, 0.15) is 0 Å². The van der Waals surface area contributed by atoms with Gasteiger partial charge in [0.15, 0.2) is 11.6 Å². The molecule has 0 aliphatic heterocycles. The fourth-order valence-corrected chi connectivity index (χ4v) is 2.54. The number of benzene rings is 1. The Morgan fingerprint density at radius 3 is 2.65 bits per heavy atom. The molecule has 0 unspecified atom stereocenters. The zero-order valence-corrected chi connectivity index (χ0v) is 13.4. The highest BCUT2D eigenvalue weighted by Gasteiger charge is 2.11. The summed E-state index contributed by atoms with van der Waals surface area (Å²) in [6.45, 7) is 2.92. The van der Waals surface area contributed by atoms with E-state index in [1.54, 1.807) is 0 Å². The average molecular weight is 310 g/mol. The number of nitrogens with two attached hydrogens (primary N) is 1. The molecule has 1 aromatic carbocycles. The summed E-state index contributed by atoms with van der Waals surface area (Å²) >= 11 is 0. The van der Waals surface area contributed by atoms with E-state index in [1.807, 2.05) is 47.0 Å². The molecule has 3 aromatic rings. The van der Waals surface area contributed by atoms with Gasteiger partial charge in [-0.2, -0.15) is 0 Å². The van der Waals surface area contributed by atoms with Crippen molar-refractivity contribution in [3.05, 3.63) is 42.6 Å². The van der Waals surface area contributed by atoms with Crippen LogP contribution < -0.4 is 10.5 Å². The largest absolute Gasteiger partial charge is 0.490 e. The fraction of sp³-hybridized carbons (Fsp3) is 0.333. The molecule has 2 aromatic heterocycles. The number of pyridine rings is 1. The zero-order chi connectivity index (χ0) is 16.1. The van der Waals surface area contributed by atoms with Gasteiger partial charge in [0.25, 0.3) is 0 Å². The number of nitrogen functional groups attached to an aromatic ring is 1. The van der Waals surface area contributed by atoms with Gasteiger partial charge < -0.3 is 10.5 Å². The summed E-state index contributed by atoms with van der Waals surface area (Å²) in [5, 5.41) is 8.59. The van der Waals surface area contributed by atoms with Crippen LogP contribution in [0.15, 0.2) is 42.6 Å². The second-order valence-corrected chi connectivity index (χ2v) is 5.62. The number of fused-ring (bicyclic) bond motifs is 1. The highest BCUT2D eigenvalue weighted by atomic mass is 16.5. The van der Waals surface area contributed by atoms with Gasteiger partial charge in [-0.05, 0) is 42.8 Å². The topological polar surface area (TPSA) is 65.4 Å². The predicted octanol–water partition coefficient (Wildman–Crippen LogP) is 3.94. The highest BCUT2D eigenvalue weighted by molar-refractivity contribution is 5.64. The van der Waals surface area contributed by atoms with Gasteiger partial charge in [-0.1, -0.05) is 26.2 Å². The molecular weight excluding hydrogens is 288 g/mol. The SMILES string of the molecule is CCCCCCOc1cccn2c(-c3ccc(N)cc3)nnc12. The minimum atomic E-state index is 0.712. The van der Waals surface area contributed by atoms with E-state index in [9.17, 15) is 0 Å². The van der Waals surface area contributed by atoms with Crippen LogP contribution in [-0.4, -0.2) is 21.2 Å². The Balaban J connectivity index is 1.81. The van der Waals surface area contributed by atoms with Crippen LogP contribution in [0.25, 0.3) is 17.0 Å². The predicted molar refractivity (Wildman–Crippen MR) is 92.5 cm³/mol. The lowest BCUT2D eigenvalue weighted by Crippen LogP contribution is -1.99. The normalized spacial score (nSPS) is 11.0. The molecule has 0 saturated carbocycles. The Bertz CT molecular complexity index is 764. The maximum absolute atomic E-state index is 5.89. The summed E-state index contributed by atoms with van der Waals surface area (Å²) in [5.41, 5.74) is 8.20. The molecule has 5 heteroatoms. The Morgan fingerprint density at radius 2 is 1.87 bits per heavy atom. The van der Waals surface area contributed by atoms with Crippen LogP contribution in [-0.2, 0) is 0 Å². The molecule has 0 aliphatic rings. The first-order chi connectivity index (χ1) is 11.3. The summed E-state index contributed by atoms with van der Waals surface area (Å²) < 4.78 is 7.84. The summed E-state index contributed by atoms with van der Waals surface area (Å²) in [5.74, 6) is 1.56. The van der Waals surface area contributed by atoms with Gasteiger partial charge in [0, 0.05) is 17.4 Å². The van der Waals surface area contributed by atoms with Gasteiger partial charge in [-0.3, -0.25) is 4.40 Å². The van der Waals surface area contributed by atoms with Crippen LogP contribution in [0.2, 0.25) is 0 Å². The minimum Gasteiger partial charge on any atom is -0.490 e. The summed E-state index contributed by atoms with van der Waals surface area (Å²) in [7, 11) is 0. The second kappa shape index (κ2) is 7.13. The average Bonchev–Trinajstić information content (AvgIpc) is 3.00. The number of hydrogen-bond donors (Lipinski definition) is 1. The first-order valence-corrected chi connectivity index (χ1v) is 8.12. The quantitative estimate of drug-likeness (QED) is 0.530. The number of unbranched alkanes of at least 4 members (excludes halogenated alkanes) is 3. The van der Waals surface area contributed by atoms with Crippen LogP contribution in [0.3, 0.4) is 0 Å². The number of nitrogens with zero attached hydrogens (tertiary/aromatic N) is 3. The fourth-order valence-electron chi connectivity index (χ4n) is 2.54. The van der Waals surface area contributed by atoms with Crippen molar-refractivity contribution in [3.8, 4) is 17.1 Å². The van der Waals surface area contributed by atoms with E-state index < -0.39 is 0 Å². The molecule has 0 spiro atoms. The number of anilines is 1. The van der Waals surface area contributed by atoms with E-state index in [0.717, 1.165) is 34.9 Å². The summed E-state index contributed by atoms with van der Waals surface area (Å²) in [6.07, 6.45) is 6.69. The van der Waals surface area contributed by atoms with Crippen molar-refractivity contribution in [1.29, 1.82) is 0 Å². The third-order valence-electron chi connectivity index (χ3n) is 3.82. The van der Waals surface area contributed by atoms with E-state index in [-0.39, 0.29) is 0 Å². The Labute approximate surface area is 136 Å². The van der Waals surface area contributed by atoms with Crippen molar-refractivity contribution < 1.29 is 4.74 Å². The van der Waals surface area contributed by atoms with Crippen LogP contribution in [0.1, 0.15) is 32.6 Å². The molecule has 0 radical (unpaired) electrons. The van der Waals surface area contributed by atoms with Gasteiger partial charge in [0.2, 0.25) is 5.65 Å². The number of ether oxygens (including phenoxy) is 1. The molecule has 120 valence electrons. The lowest BCUT2D eigenvalue weighted by Gasteiger charge is -2.07. The van der Waals surface area contributed by atoms with E-state index in [1.165, 1.54) is 19.3 Å². The van der Waals surface area contributed by atoms with Crippen molar-refractivity contribution in [3.63, 3.8) is 0 Å². The third-order valence-corrected chi connectivity index (χ3v) is 3.82. The highest BCUT2D eigenvalue weighted by Crippen LogP contribution is 2.24. The Morgan fingerprint density at radius 1 is 1.04 bits per heavy atom. The summed E-state index contributed by atoms with van der Waals surface area (Å²) in [6, 6.07) is 11.5. The molecule has 0 amide bonds. The molecule has 2 heterocycles. The summed E-state index contributed by atoms with van der Waals surface area (Å²) in [4.78, 5) is 0. The van der Waals surface area contributed by atoms with E-state index in [0.29, 0.717) is 6.61 Å². The smallest absolute Gasteiger partial charge is 0.203 e. The van der Waals surface area contributed by atoms with Crippen molar-refractivity contribution in [2.45, 2.75) is 32.6 Å². The number of hydrogen-bond acceptors (Lipinski definition) is 4. The maximum Gasteiger partial charge on any atom is 0.203 e. The van der Waals surface area contributed by atoms with E-state index in [4.69, 9.17) is 10.5 Å². The second-order valence-electron chi connectivity index (χ2n) is 5.62. The molecule has 2 N–H and O–H groups in total. The molecule has 3 rings (SSSR count). The lowest BCUT2D eigenvalue weighted by atomic mass is 10.2. The first-order valence-electron chi connectivity index (χ1n) is 8.12. The minimum absolute atomic E-state index is 0.712. The van der Waals surface area contributed by atoms with Crippen molar-refractivity contribution in [2.75, 3.05) is 12.3 Å². The van der Waals surface area contributed by atoms with Crippen LogP contribution >= 0.6 is 0 Å². The molecular formula is C18H22N4O. The molecule has 0 fully saturated rings. The van der Waals surface area contributed by atoms with Crippen molar-refractivity contribution in [1.82, 2.24) is 14.6 Å². The first kappa shape index (κ1) is 15.3. The molecule has 0 aliphatic carbocycles. The molecule has 0 atom stereocenters. The van der Waals surface area contributed by atoms with Gasteiger partial charge >= 0.3 is 0 Å². The standard InChI is InChI=1S/C18H22N4O/c1-2-3-4-5-13-23-16-7-6-12-22-17(20-21-18(16)22)14-8-10-15(19)11-9-14/h6-12H,2-5,13,19H2,1H3. The van der Waals surface area contributed by atoms with Crippen molar-refractivity contribution >= 4 is 11.3 Å². The van der Waals surface area contributed by atoms with Crippen LogP contribution in [0, 0.1) is 0 Å². The zero-order valence-electron chi connectivity index (χ0n) is 13.4. The molecule has 23 heavy (non-hydrogen) atoms. The number of aromatic nitrogens is 3. The van der Waals surface area contributed by atoms with Crippen LogP contribution in [0.4, 0.5) is 5.69 Å². The third kappa shape index (κ3) is 3.44.